The molecule has 6 nitrogen and oxygen atoms in total. The highest BCUT2D eigenvalue weighted by Crippen LogP contribution is 2.11. The number of imide groups is 1. The molecule has 2 aromatic rings. The maximum Gasteiger partial charge on any atom is 0.331 e. The molecule has 0 aromatic heterocycles. The molecule has 2 rings (SSSR count). The van der Waals surface area contributed by atoms with Crippen LogP contribution in [0, 0.1) is 11.6 Å². The molecule has 0 unspecified atom stereocenters. The molecule has 2 N–H and O–H groups in total. The van der Waals surface area contributed by atoms with Crippen LogP contribution in [-0.4, -0.2) is 24.5 Å². The fourth-order valence-corrected chi connectivity index (χ4v) is 1.83. The predicted molar refractivity (Wildman–Crippen MR) is 90.0 cm³/mol. The Hall–Kier alpha value is -3.55. The first-order chi connectivity index (χ1) is 12.5. The van der Waals surface area contributed by atoms with Gasteiger partial charge in [0.15, 0.2) is 6.61 Å². The van der Waals surface area contributed by atoms with E-state index in [0.29, 0.717) is 0 Å². The van der Waals surface area contributed by atoms with Crippen molar-refractivity contribution in [3.63, 3.8) is 0 Å². The Morgan fingerprint density at radius 2 is 1.62 bits per heavy atom. The number of esters is 1. The predicted octanol–water partition coefficient (Wildman–Crippen LogP) is 2.87. The molecule has 8 heteroatoms. The van der Waals surface area contributed by atoms with E-state index in [-0.39, 0.29) is 11.3 Å². The van der Waals surface area contributed by atoms with E-state index in [1.807, 2.05) is 5.32 Å². The highest BCUT2D eigenvalue weighted by Gasteiger charge is 2.11. The Labute approximate surface area is 147 Å². The number of para-hydroxylation sites is 1. The Morgan fingerprint density at radius 1 is 0.962 bits per heavy atom. The second kappa shape index (κ2) is 9.07. The summed E-state index contributed by atoms with van der Waals surface area (Å²) in [6.07, 6.45) is 2.14. The van der Waals surface area contributed by atoms with E-state index in [0.717, 1.165) is 12.1 Å². The maximum atomic E-state index is 13.4. The van der Waals surface area contributed by atoms with Crippen molar-refractivity contribution >= 4 is 29.7 Å². The van der Waals surface area contributed by atoms with Gasteiger partial charge in [-0.25, -0.2) is 18.4 Å². The summed E-state index contributed by atoms with van der Waals surface area (Å²) >= 11 is 0. The Kier molecular flexibility index (Phi) is 6.55. The van der Waals surface area contributed by atoms with Crippen LogP contribution in [0.15, 0.2) is 54.6 Å². The van der Waals surface area contributed by atoms with Gasteiger partial charge in [0, 0.05) is 11.6 Å². The van der Waals surface area contributed by atoms with Gasteiger partial charge in [0.05, 0.1) is 5.69 Å². The zero-order valence-electron chi connectivity index (χ0n) is 13.4. The number of amides is 3. The highest BCUT2D eigenvalue weighted by molar-refractivity contribution is 6.02. The average Bonchev–Trinajstić information content (AvgIpc) is 2.61. The third-order valence-electron chi connectivity index (χ3n) is 3.02. The minimum absolute atomic E-state index is 0.109. The van der Waals surface area contributed by atoms with E-state index in [9.17, 15) is 23.2 Å². The van der Waals surface area contributed by atoms with E-state index in [1.54, 1.807) is 6.07 Å². The van der Waals surface area contributed by atoms with Crippen molar-refractivity contribution in [2.45, 2.75) is 0 Å². The lowest BCUT2D eigenvalue weighted by Crippen LogP contribution is -2.37. The molecule has 0 atom stereocenters. The van der Waals surface area contributed by atoms with Gasteiger partial charge in [-0.1, -0.05) is 30.3 Å². The van der Waals surface area contributed by atoms with Crippen LogP contribution in [0.4, 0.5) is 19.3 Å². The first-order valence-corrected chi connectivity index (χ1v) is 7.40. The number of anilines is 1. The quantitative estimate of drug-likeness (QED) is 0.634. The number of carbonyl (C=O) groups excluding carboxylic acids is 3. The summed E-state index contributed by atoms with van der Waals surface area (Å²) < 4.78 is 31.4. The fourth-order valence-electron chi connectivity index (χ4n) is 1.83. The van der Waals surface area contributed by atoms with E-state index in [2.05, 4.69) is 10.1 Å². The minimum atomic E-state index is -0.974. The Bertz CT molecular complexity index is 853. The average molecular weight is 360 g/mol. The van der Waals surface area contributed by atoms with Gasteiger partial charge in [0.2, 0.25) is 0 Å². The normalized spacial score (nSPS) is 10.4. The molecule has 0 spiro atoms. The first-order valence-electron chi connectivity index (χ1n) is 7.40. The van der Waals surface area contributed by atoms with E-state index >= 15 is 0 Å². The van der Waals surface area contributed by atoms with E-state index < -0.39 is 36.1 Å². The number of carbonyl (C=O) groups is 3. The van der Waals surface area contributed by atoms with Gasteiger partial charge in [0.1, 0.15) is 11.6 Å². The standard InChI is InChI=1S/C18H14F2N2O4/c19-13-6-2-1-5-12(13)9-10-17(24)26-11-16(23)22-18(25)21-15-8-4-3-7-14(15)20/h1-10H,11H2,(H2,21,22,23,25)/b10-9+. The zero-order valence-corrected chi connectivity index (χ0v) is 13.4. The molecule has 0 radical (unpaired) electrons. The van der Waals surface area contributed by atoms with Crippen LogP contribution in [0.2, 0.25) is 0 Å². The van der Waals surface area contributed by atoms with Gasteiger partial charge in [-0.05, 0) is 24.3 Å². The number of benzene rings is 2. The number of urea groups is 1. The SMILES string of the molecule is O=C(COC(=O)/C=C/c1ccccc1F)NC(=O)Nc1ccccc1F. The van der Waals surface area contributed by atoms with Crippen molar-refractivity contribution in [3.8, 4) is 0 Å². The van der Waals surface area contributed by atoms with Crippen molar-refractivity contribution in [1.82, 2.24) is 5.32 Å². The van der Waals surface area contributed by atoms with Crippen molar-refractivity contribution in [2.75, 3.05) is 11.9 Å². The van der Waals surface area contributed by atoms with Crippen LogP contribution in [-0.2, 0) is 14.3 Å². The number of ether oxygens (including phenoxy) is 1. The first kappa shape index (κ1) is 18.8. The zero-order chi connectivity index (χ0) is 18.9. The molecule has 26 heavy (non-hydrogen) atoms. The van der Waals surface area contributed by atoms with Crippen molar-refractivity contribution in [1.29, 1.82) is 0 Å². The lowest BCUT2D eigenvalue weighted by molar-refractivity contribution is -0.143. The largest absolute Gasteiger partial charge is 0.452 e. The number of hydrogen-bond donors (Lipinski definition) is 2. The smallest absolute Gasteiger partial charge is 0.331 e. The molecular weight excluding hydrogens is 346 g/mol. The second-order valence-corrected chi connectivity index (χ2v) is 4.94. The molecule has 0 saturated heterocycles. The van der Waals surface area contributed by atoms with Crippen LogP contribution < -0.4 is 10.6 Å². The summed E-state index contributed by atoms with van der Waals surface area (Å²) in [4.78, 5) is 34.6. The van der Waals surface area contributed by atoms with Crippen LogP contribution in [0.25, 0.3) is 6.08 Å². The molecular formula is C18H14F2N2O4. The van der Waals surface area contributed by atoms with Crippen LogP contribution in [0.1, 0.15) is 5.56 Å². The summed E-state index contributed by atoms with van der Waals surface area (Å²) in [7, 11) is 0. The Balaban J connectivity index is 1.77. The monoisotopic (exact) mass is 360 g/mol. The van der Waals surface area contributed by atoms with Crippen LogP contribution >= 0.6 is 0 Å². The number of halogens is 2. The summed E-state index contributed by atoms with van der Waals surface area (Å²) in [5.74, 6) is -2.98. The lowest BCUT2D eigenvalue weighted by Gasteiger charge is -2.07. The van der Waals surface area contributed by atoms with Gasteiger partial charge >= 0.3 is 12.0 Å². The third kappa shape index (κ3) is 5.82. The second-order valence-electron chi connectivity index (χ2n) is 4.94. The van der Waals surface area contributed by atoms with Gasteiger partial charge < -0.3 is 10.1 Å². The van der Waals surface area contributed by atoms with E-state index in [1.165, 1.54) is 42.5 Å². The molecule has 3 amide bonds. The topological polar surface area (TPSA) is 84.5 Å². The molecule has 0 aliphatic carbocycles. The highest BCUT2D eigenvalue weighted by atomic mass is 19.1. The number of hydrogen-bond acceptors (Lipinski definition) is 4. The van der Waals surface area contributed by atoms with Gasteiger partial charge in [-0.3, -0.25) is 10.1 Å². The van der Waals surface area contributed by atoms with Gasteiger partial charge in [0.25, 0.3) is 5.91 Å². The van der Waals surface area contributed by atoms with Crippen molar-refractivity contribution in [3.05, 3.63) is 71.8 Å². The van der Waals surface area contributed by atoms with Gasteiger partial charge in [-0.2, -0.15) is 0 Å². The number of rotatable bonds is 5. The van der Waals surface area contributed by atoms with Gasteiger partial charge in [-0.15, -0.1) is 0 Å². The molecule has 0 saturated carbocycles. The van der Waals surface area contributed by atoms with Crippen LogP contribution in [0.3, 0.4) is 0 Å². The summed E-state index contributed by atoms with van der Waals surface area (Å²) in [6.45, 7) is -0.731. The molecule has 0 fully saturated rings. The summed E-state index contributed by atoms with van der Waals surface area (Å²) in [5.41, 5.74) is 0.0702. The molecule has 0 heterocycles. The molecule has 0 aliphatic rings. The van der Waals surface area contributed by atoms with Crippen LogP contribution in [0.5, 0.6) is 0 Å². The summed E-state index contributed by atoms with van der Waals surface area (Å²) in [6, 6.07) is 10.2. The molecule has 134 valence electrons. The van der Waals surface area contributed by atoms with Crippen molar-refractivity contribution < 1.29 is 27.9 Å². The molecule has 0 bridgehead atoms. The maximum absolute atomic E-state index is 13.4. The molecule has 0 aliphatic heterocycles. The minimum Gasteiger partial charge on any atom is -0.452 e. The number of nitrogens with one attached hydrogen (secondary N) is 2. The molecule has 2 aromatic carbocycles. The lowest BCUT2D eigenvalue weighted by atomic mass is 10.2. The third-order valence-corrected chi connectivity index (χ3v) is 3.02. The fraction of sp³-hybridized carbons (Fsp3) is 0.0556. The Morgan fingerprint density at radius 3 is 2.31 bits per heavy atom. The summed E-state index contributed by atoms with van der Waals surface area (Å²) in [5, 5.41) is 4.02. The van der Waals surface area contributed by atoms with E-state index in [4.69, 9.17) is 0 Å². The van der Waals surface area contributed by atoms with Crippen molar-refractivity contribution in [2.24, 2.45) is 0 Å².